The molecule has 138 valence electrons. The maximum atomic E-state index is 12.3. The summed E-state index contributed by atoms with van der Waals surface area (Å²) in [5.74, 6) is 0.872. The van der Waals surface area contributed by atoms with Crippen LogP contribution in [0.15, 0.2) is 54.6 Å². The molecule has 0 aliphatic carbocycles. The van der Waals surface area contributed by atoms with Gasteiger partial charge in [-0.3, -0.25) is 4.90 Å². The third-order valence-electron chi connectivity index (χ3n) is 4.64. The number of para-hydroxylation sites is 1. The predicted molar refractivity (Wildman–Crippen MR) is 103 cm³/mol. The quantitative estimate of drug-likeness (QED) is 0.812. The van der Waals surface area contributed by atoms with Gasteiger partial charge in [0.2, 0.25) is 0 Å². The van der Waals surface area contributed by atoms with Gasteiger partial charge >= 0.3 is 6.03 Å². The van der Waals surface area contributed by atoms with E-state index in [0.717, 1.165) is 44.0 Å². The first-order chi connectivity index (χ1) is 12.7. The number of piperazine rings is 1. The van der Waals surface area contributed by atoms with Crippen LogP contribution < -0.4 is 10.1 Å². The second kappa shape index (κ2) is 9.25. The normalized spacial score (nSPS) is 14.9. The number of amides is 2. The van der Waals surface area contributed by atoms with E-state index in [2.05, 4.69) is 34.5 Å². The molecule has 5 nitrogen and oxygen atoms in total. The Balaban J connectivity index is 1.34. The summed E-state index contributed by atoms with van der Waals surface area (Å²) in [5, 5.41) is 2.95. The Hall–Kier alpha value is -2.53. The molecule has 0 radical (unpaired) electrons. The first kappa shape index (κ1) is 18.3. The molecule has 1 heterocycles. The molecule has 3 rings (SSSR count). The summed E-state index contributed by atoms with van der Waals surface area (Å²) in [6, 6.07) is 18.4. The van der Waals surface area contributed by atoms with E-state index < -0.39 is 0 Å². The van der Waals surface area contributed by atoms with Crippen molar-refractivity contribution in [3.05, 3.63) is 65.7 Å². The van der Waals surface area contributed by atoms with Crippen LogP contribution >= 0.6 is 0 Å². The molecule has 26 heavy (non-hydrogen) atoms. The van der Waals surface area contributed by atoms with Gasteiger partial charge in [0.05, 0.1) is 6.54 Å². The zero-order chi connectivity index (χ0) is 18.2. The lowest BCUT2D eigenvalue weighted by molar-refractivity contribution is 0.134. The number of nitrogens with zero attached hydrogens (tertiary/aromatic N) is 2. The highest BCUT2D eigenvalue weighted by atomic mass is 16.5. The Kier molecular flexibility index (Phi) is 6.50. The summed E-state index contributed by atoms with van der Waals surface area (Å²) in [6.07, 6.45) is 0. The molecule has 1 N–H and O–H groups in total. The summed E-state index contributed by atoms with van der Waals surface area (Å²) in [6.45, 7) is 7.28. The summed E-state index contributed by atoms with van der Waals surface area (Å²) in [4.78, 5) is 16.6. The van der Waals surface area contributed by atoms with E-state index in [-0.39, 0.29) is 6.03 Å². The van der Waals surface area contributed by atoms with E-state index >= 15 is 0 Å². The largest absolute Gasteiger partial charge is 0.491 e. The zero-order valence-corrected chi connectivity index (χ0v) is 15.4. The smallest absolute Gasteiger partial charge is 0.317 e. The van der Waals surface area contributed by atoms with Gasteiger partial charge in [0.15, 0.2) is 0 Å². The SMILES string of the molecule is Cc1ccccc1OCCNC(=O)N1CCN(Cc2ccccc2)CC1. The molecular formula is C21H27N3O2. The standard InChI is InChI=1S/C21H27N3O2/c1-18-7-5-6-10-20(18)26-16-11-22-21(25)24-14-12-23(13-15-24)17-19-8-3-2-4-9-19/h2-10H,11-17H2,1H3,(H,22,25). The average Bonchev–Trinajstić information content (AvgIpc) is 2.68. The van der Waals surface area contributed by atoms with Crippen molar-refractivity contribution in [3.8, 4) is 5.75 Å². The molecule has 2 aromatic rings. The second-order valence-corrected chi connectivity index (χ2v) is 6.59. The van der Waals surface area contributed by atoms with Crippen molar-refractivity contribution in [2.24, 2.45) is 0 Å². The van der Waals surface area contributed by atoms with Gasteiger partial charge in [0.25, 0.3) is 0 Å². The zero-order valence-electron chi connectivity index (χ0n) is 15.4. The first-order valence-electron chi connectivity index (χ1n) is 9.20. The minimum absolute atomic E-state index is 0.00209. The highest BCUT2D eigenvalue weighted by Crippen LogP contribution is 2.15. The number of carbonyl (C=O) groups excluding carboxylic acids is 1. The summed E-state index contributed by atoms with van der Waals surface area (Å²) >= 11 is 0. The molecule has 5 heteroatoms. The molecule has 1 saturated heterocycles. The van der Waals surface area contributed by atoms with Crippen molar-refractivity contribution in [2.75, 3.05) is 39.3 Å². The van der Waals surface area contributed by atoms with Crippen LogP contribution in [0, 0.1) is 6.92 Å². The molecule has 0 spiro atoms. The van der Waals surface area contributed by atoms with E-state index in [9.17, 15) is 4.79 Å². The van der Waals surface area contributed by atoms with E-state index in [4.69, 9.17) is 4.74 Å². The number of carbonyl (C=O) groups is 1. The van der Waals surface area contributed by atoms with Crippen LogP contribution in [0.5, 0.6) is 5.75 Å². The highest BCUT2D eigenvalue weighted by molar-refractivity contribution is 5.74. The van der Waals surface area contributed by atoms with Gasteiger partial charge in [-0.05, 0) is 24.1 Å². The van der Waals surface area contributed by atoms with E-state index in [1.807, 2.05) is 42.2 Å². The average molecular weight is 353 g/mol. The van der Waals surface area contributed by atoms with Crippen LogP contribution in [0.4, 0.5) is 4.79 Å². The van der Waals surface area contributed by atoms with Crippen LogP contribution in [0.3, 0.4) is 0 Å². The monoisotopic (exact) mass is 353 g/mol. The van der Waals surface area contributed by atoms with Crippen LogP contribution in [0.1, 0.15) is 11.1 Å². The number of urea groups is 1. The van der Waals surface area contributed by atoms with Crippen molar-refractivity contribution >= 4 is 6.03 Å². The van der Waals surface area contributed by atoms with Gasteiger partial charge in [0, 0.05) is 32.7 Å². The highest BCUT2D eigenvalue weighted by Gasteiger charge is 2.20. The van der Waals surface area contributed by atoms with Gasteiger partial charge in [-0.15, -0.1) is 0 Å². The fraction of sp³-hybridized carbons (Fsp3) is 0.381. The van der Waals surface area contributed by atoms with Crippen molar-refractivity contribution in [3.63, 3.8) is 0 Å². The van der Waals surface area contributed by atoms with Gasteiger partial charge in [-0.2, -0.15) is 0 Å². The Morgan fingerprint density at radius 3 is 2.42 bits per heavy atom. The van der Waals surface area contributed by atoms with Crippen molar-refractivity contribution < 1.29 is 9.53 Å². The van der Waals surface area contributed by atoms with Gasteiger partial charge in [-0.1, -0.05) is 48.5 Å². The predicted octanol–water partition coefficient (Wildman–Crippen LogP) is 2.90. The molecule has 2 amide bonds. The third kappa shape index (κ3) is 5.23. The van der Waals surface area contributed by atoms with Crippen LogP contribution in [0.25, 0.3) is 0 Å². The lowest BCUT2D eigenvalue weighted by Gasteiger charge is -2.34. The summed E-state index contributed by atoms with van der Waals surface area (Å²) < 4.78 is 5.72. The summed E-state index contributed by atoms with van der Waals surface area (Å²) in [7, 11) is 0. The maximum absolute atomic E-state index is 12.3. The van der Waals surface area contributed by atoms with Crippen molar-refractivity contribution in [1.29, 1.82) is 0 Å². The number of nitrogens with one attached hydrogen (secondary N) is 1. The van der Waals surface area contributed by atoms with Gasteiger partial charge < -0.3 is 15.0 Å². The lowest BCUT2D eigenvalue weighted by Crippen LogP contribution is -2.51. The third-order valence-corrected chi connectivity index (χ3v) is 4.64. The number of hydrogen-bond acceptors (Lipinski definition) is 3. The molecular weight excluding hydrogens is 326 g/mol. The molecule has 0 atom stereocenters. The number of aryl methyl sites for hydroxylation is 1. The molecule has 1 aliphatic heterocycles. The molecule has 0 saturated carbocycles. The van der Waals surface area contributed by atoms with Gasteiger partial charge in [-0.25, -0.2) is 4.79 Å². The van der Waals surface area contributed by atoms with E-state index in [1.54, 1.807) is 0 Å². The molecule has 0 bridgehead atoms. The molecule has 1 aliphatic rings. The fourth-order valence-electron chi connectivity index (χ4n) is 3.10. The topological polar surface area (TPSA) is 44.8 Å². The minimum atomic E-state index is -0.00209. The molecule has 0 unspecified atom stereocenters. The van der Waals surface area contributed by atoms with Crippen molar-refractivity contribution in [2.45, 2.75) is 13.5 Å². The number of hydrogen-bond donors (Lipinski definition) is 1. The molecule has 0 aromatic heterocycles. The minimum Gasteiger partial charge on any atom is -0.491 e. The Bertz CT molecular complexity index is 697. The van der Waals surface area contributed by atoms with E-state index in [0.29, 0.717) is 13.2 Å². The number of ether oxygens (including phenoxy) is 1. The Labute approximate surface area is 155 Å². The second-order valence-electron chi connectivity index (χ2n) is 6.59. The fourth-order valence-corrected chi connectivity index (χ4v) is 3.10. The van der Waals surface area contributed by atoms with E-state index in [1.165, 1.54) is 5.56 Å². The maximum Gasteiger partial charge on any atom is 0.317 e. The van der Waals surface area contributed by atoms with Crippen LogP contribution in [-0.2, 0) is 6.54 Å². The first-order valence-corrected chi connectivity index (χ1v) is 9.20. The summed E-state index contributed by atoms with van der Waals surface area (Å²) in [5.41, 5.74) is 2.42. The molecule has 2 aromatic carbocycles. The van der Waals surface area contributed by atoms with Crippen LogP contribution in [0.2, 0.25) is 0 Å². The lowest BCUT2D eigenvalue weighted by atomic mass is 10.2. The van der Waals surface area contributed by atoms with Gasteiger partial charge in [0.1, 0.15) is 12.4 Å². The number of rotatable bonds is 6. The Morgan fingerprint density at radius 2 is 1.69 bits per heavy atom. The molecule has 1 fully saturated rings. The van der Waals surface area contributed by atoms with Crippen LogP contribution in [-0.4, -0.2) is 55.2 Å². The Morgan fingerprint density at radius 1 is 1.00 bits per heavy atom. The van der Waals surface area contributed by atoms with Crippen molar-refractivity contribution in [1.82, 2.24) is 15.1 Å². The number of benzene rings is 2.